The summed E-state index contributed by atoms with van der Waals surface area (Å²) in [7, 11) is 0. The van der Waals surface area contributed by atoms with E-state index in [1.165, 1.54) is 11.3 Å². The molecule has 88 valence electrons. The maximum absolute atomic E-state index is 12.1. The average molecular weight is 396 g/mol. The molecule has 2 N–H and O–H groups in total. The van der Waals surface area contributed by atoms with Crippen molar-refractivity contribution in [2.75, 3.05) is 5.73 Å². The molecule has 6 heteroatoms. The number of nitrogen functional groups attached to an aromatic ring is 1. The van der Waals surface area contributed by atoms with Gasteiger partial charge in [0.15, 0.2) is 0 Å². The zero-order valence-corrected chi connectivity index (χ0v) is 13.1. The highest BCUT2D eigenvalue weighted by atomic mass is 79.9. The van der Waals surface area contributed by atoms with E-state index in [-0.39, 0.29) is 5.78 Å². The molecule has 0 saturated heterocycles. The van der Waals surface area contributed by atoms with Gasteiger partial charge in [0.1, 0.15) is 0 Å². The Labute approximate surface area is 124 Å². The molecule has 0 amide bonds. The zero-order chi connectivity index (χ0) is 12.6. The molecule has 0 fully saturated rings. The van der Waals surface area contributed by atoms with Crippen molar-refractivity contribution < 1.29 is 4.79 Å². The normalized spacial score (nSPS) is 10.5. The summed E-state index contributed by atoms with van der Waals surface area (Å²) in [6, 6.07) is 6.67. The molecular weight excluding hydrogens is 389 g/mol. The molecule has 0 bridgehead atoms. The number of anilines is 1. The van der Waals surface area contributed by atoms with E-state index in [1.54, 1.807) is 24.3 Å². The minimum absolute atomic E-state index is 0.0650. The minimum Gasteiger partial charge on any atom is -0.398 e. The lowest BCUT2D eigenvalue weighted by Gasteiger charge is -2.01. The molecule has 2 rings (SSSR count). The van der Waals surface area contributed by atoms with Gasteiger partial charge in [0.25, 0.3) is 0 Å². The zero-order valence-electron chi connectivity index (χ0n) is 8.34. The third-order valence-corrected chi connectivity index (χ3v) is 5.73. The lowest BCUT2D eigenvalue weighted by atomic mass is 10.1. The predicted molar refractivity (Wildman–Crippen MR) is 79.0 cm³/mol. The lowest BCUT2D eigenvalue weighted by Crippen LogP contribution is -1.99. The molecule has 0 atom stereocenters. The van der Waals surface area contributed by atoms with Gasteiger partial charge in [-0.15, -0.1) is 11.3 Å². The first-order valence-corrected chi connectivity index (χ1v) is 7.31. The molecule has 1 aromatic heterocycles. The largest absolute Gasteiger partial charge is 0.398 e. The van der Waals surface area contributed by atoms with Crippen LogP contribution >= 0.6 is 54.8 Å². The summed E-state index contributed by atoms with van der Waals surface area (Å²) < 4.78 is 1.76. The van der Waals surface area contributed by atoms with Gasteiger partial charge in [-0.05, 0) is 56.1 Å². The third kappa shape index (κ3) is 2.73. The van der Waals surface area contributed by atoms with Crippen LogP contribution in [0.25, 0.3) is 0 Å². The smallest absolute Gasteiger partial charge is 0.203 e. The minimum atomic E-state index is -0.0650. The number of carbonyl (C=O) groups is 1. The highest BCUT2D eigenvalue weighted by Gasteiger charge is 2.14. The van der Waals surface area contributed by atoms with Crippen LogP contribution in [-0.2, 0) is 0 Å². The Bertz CT molecular complexity index is 578. The standard InChI is InChI=1S/C11H6Br2ClNOS/c12-6-4-9(17-11(6)13)10(16)5-1-2-7(14)8(15)3-5/h1-4H,15H2. The average Bonchev–Trinajstić information content (AvgIpc) is 2.62. The number of hydrogen-bond acceptors (Lipinski definition) is 3. The fourth-order valence-corrected chi connectivity index (χ4v) is 3.40. The molecule has 0 aliphatic carbocycles. The Kier molecular flexibility index (Phi) is 3.92. The SMILES string of the molecule is Nc1cc(C(=O)c2cc(Br)c(Br)s2)ccc1Cl. The number of hydrogen-bond donors (Lipinski definition) is 1. The van der Waals surface area contributed by atoms with Crippen molar-refractivity contribution in [2.45, 2.75) is 0 Å². The van der Waals surface area contributed by atoms with E-state index < -0.39 is 0 Å². The van der Waals surface area contributed by atoms with Gasteiger partial charge in [-0.3, -0.25) is 4.79 Å². The van der Waals surface area contributed by atoms with E-state index in [0.717, 1.165) is 8.26 Å². The number of thiophene rings is 1. The van der Waals surface area contributed by atoms with Crippen molar-refractivity contribution in [2.24, 2.45) is 0 Å². The lowest BCUT2D eigenvalue weighted by molar-refractivity contribution is 0.104. The maximum atomic E-state index is 12.1. The highest BCUT2D eigenvalue weighted by Crippen LogP contribution is 2.34. The molecule has 0 saturated carbocycles. The molecule has 1 aromatic carbocycles. The Morgan fingerprint density at radius 2 is 2.00 bits per heavy atom. The first-order chi connectivity index (χ1) is 7.99. The highest BCUT2D eigenvalue weighted by molar-refractivity contribution is 9.13. The van der Waals surface area contributed by atoms with Crippen molar-refractivity contribution in [3.63, 3.8) is 0 Å². The van der Waals surface area contributed by atoms with Crippen LogP contribution in [0.3, 0.4) is 0 Å². The van der Waals surface area contributed by atoms with Gasteiger partial charge in [-0.1, -0.05) is 11.6 Å². The van der Waals surface area contributed by atoms with Crippen molar-refractivity contribution in [1.82, 2.24) is 0 Å². The van der Waals surface area contributed by atoms with Gasteiger partial charge in [0, 0.05) is 10.0 Å². The first kappa shape index (κ1) is 13.1. The first-order valence-electron chi connectivity index (χ1n) is 4.53. The van der Waals surface area contributed by atoms with Gasteiger partial charge < -0.3 is 5.73 Å². The fraction of sp³-hybridized carbons (Fsp3) is 0. The van der Waals surface area contributed by atoms with E-state index in [9.17, 15) is 4.79 Å². The second-order valence-electron chi connectivity index (χ2n) is 3.30. The van der Waals surface area contributed by atoms with E-state index in [1.807, 2.05) is 0 Å². The molecule has 0 unspecified atom stereocenters. The van der Waals surface area contributed by atoms with E-state index >= 15 is 0 Å². The molecule has 0 spiro atoms. The van der Waals surface area contributed by atoms with Crippen molar-refractivity contribution in [3.8, 4) is 0 Å². The number of carbonyl (C=O) groups excluding carboxylic acids is 1. The van der Waals surface area contributed by atoms with Crippen LogP contribution < -0.4 is 5.73 Å². The number of rotatable bonds is 2. The van der Waals surface area contributed by atoms with Crippen molar-refractivity contribution >= 4 is 66.3 Å². The van der Waals surface area contributed by atoms with Gasteiger partial charge >= 0.3 is 0 Å². The number of nitrogens with two attached hydrogens (primary N) is 1. The molecule has 0 aliphatic rings. The second kappa shape index (κ2) is 5.10. The summed E-state index contributed by atoms with van der Waals surface area (Å²) >= 11 is 13.9. The summed E-state index contributed by atoms with van der Waals surface area (Å²) in [5.41, 5.74) is 6.62. The predicted octanol–water partition coefficient (Wildman–Crippen LogP) is 4.74. The quantitative estimate of drug-likeness (QED) is 0.590. The van der Waals surface area contributed by atoms with Crippen molar-refractivity contribution in [3.05, 3.63) is 48.0 Å². The maximum Gasteiger partial charge on any atom is 0.203 e. The molecule has 2 nitrogen and oxygen atoms in total. The fourth-order valence-electron chi connectivity index (χ4n) is 1.29. The van der Waals surface area contributed by atoms with E-state index in [2.05, 4.69) is 31.9 Å². The summed E-state index contributed by atoms with van der Waals surface area (Å²) in [5, 5.41) is 0.454. The monoisotopic (exact) mass is 393 g/mol. The summed E-state index contributed by atoms with van der Waals surface area (Å²) in [4.78, 5) is 12.8. The van der Waals surface area contributed by atoms with Crippen LogP contribution in [0.4, 0.5) is 5.69 Å². The Morgan fingerprint density at radius 3 is 2.53 bits per heavy atom. The van der Waals surface area contributed by atoms with Crippen LogP contribution in [0.15, 0.2) is 32.5 Å². The molecule has 17 heavy (non-hydrogen) atoms. The van der Waals surface area contributed by atoms with Crippen LogP contribution in [0.1, 0.15) is 15.2 Å². The van der Waals surface area contributed by atoms with Gasteiger partial charge in [-0.2, -0.15) is 0 Å². The van der Waals surface area contributed by atoms with Crippen LogP contribution in [0.2, 0.25) is 5.02 Å². The second-order valence-corrected chi connectivity index (χ2v) is 6.93. The number of ketones is 1. The van der Waals surface area contributed by atoms with Crippen LogP contribution in [0, 0.1) is 0 Å². The Hall–Kier alpha value is -0.360. The van der Waals surface area contributed by atoms with E-state index in [4.69, 9.17) is 17.3 Å². The number of benzene rings is 1. The number of halogens is 3. The Morgan fingerprint density at radius 1 is 1.29 bits per heavy atom. The van der Waals surface area contributed by atoms with Gasteiger partial charge in [0.2, 0.25) is 5.78 Å². The van der Waals surface area contributed by atoms with Gasteiger partial charge in [0.05, 0.1) is 19.4 Å². The summed E-state index contributed by atoms with van der Waals surface area (Å²) in [6.07, 6.45) is 0. The third-order valence-electron chi connectivity index (χ3n) is 2.13. The van der Waals surface area contributed by atoms with Crippen LogP contribution in [-0.4, -0.2) is 5.78 Å². The van der Waals surface area contributed by atoms with E-state index in [0.29, 0.717) is 21.2 Å². The Balaban J connectivity index is 2.40. The molecule has 2 aromatic rings. The summed E-state index contributed by atoms with van der Waals surface area (Å²) in [5.74, 6) is -0.0650. The molecular formula is C11H6Br2ClNOS. The van der Waals surface area contributed by atoms with Crippen LogP contribution in [0.5, 0.6) is 0 Å². The van der Waals surface area contributed by atoms with Gasteiger partial charge in [-0.25, -0.2) is 0 Å². The topological polar surface area (TPSA) is 43.1 Å². The van der Waals surface area contributed by atoms with Crippen molar-refractivity contribution in [1.29, 1.82) is 0 Å². The molecule has 0 radical (unpaired) electrons. The summed E-state index contributed by atoms with van der Waals surface area (Å²) in [6.45, 7) is 0. The molecule has 1 heterocycles. The molecule has 0 aliphatic heterocycles.